The van der Waals surface area contributed by atoms with E-state index in [2.05, 4.69) is 5.43 Å². The number of hydrogen-bond acceptors (Lipinski definition) is 5. The normalized spacial score (nSPS) is 12.4. The van der Waals surface area contributed by atoms with Gasteiger partial charge in [0.25, 0.3) is 0 Å². The van der Waals surface area contributed by atoms with Gasteiger partial charge >= 0.3 is 0 Å². The number of carbonyl (C=O) groups is 1. The highest BCUT2D eigenvalue weighted by molar-refractivity contribution is 8.02. The lowest BCUT2D eigenvalue weighted by Crippen LogP contribution is -2.39. The number of rotatable bonds is 5. The molecule has 6 heteroatoms. The number of carbonyl (C=O) groups excluding carboxylic acids is 1. The summed E-state index contributed by atoms with van der Waals surface area (Å²) in [6.45, 7) is 0.353. The predicted octanol–water partition coefficient (Wildman–Crippen LogP) is 0.845. The van der Waals surface area contributed by atoms with E-state index in [1.807, 2.05) is 17.5 Å². The average molecular weight is 232 g/mol. The number of methoxy groups -OCH3 is 1. The van der Waals surface area contributed by atoms with Crippen molar-refractivity contribution < 1.29 is 9.53 Å². The van der Waals surface area contributed by atoms with Gasteiger partial charge in [0, 0.05) is 7.11 Å². The highest BCUT2D eigenvalue weighted by Crippen LogP contribution is 2.27. The molecule has 0 aliphatic rings. The van der Waals surface area contributed by atoms with Gasteiger partial charge in [-0.15, -0.1) is 11.3 Å². The summed E-state index contributed by atoms with van der Waals surface area (Å²) in [5, 5.41) is 1.68. The van der Waals surface area contributed by atoms with Crippen LogP contribution in [0.25, 0.3) is 0 Å². The van der Waals surface area contributed by atoms with E-state index >= 15 is 0 Å². The van der Waals surface area contributed by atoms with Crippen LogP contribution in [0.2, 0.25) is 0 Å². The van der Waals surface area contributed by atoms with Crippen molar-refractivity contribution in [3.8, 4) is 0 Å². The van der Waals surface area contributed by atoms with Crippen LogP contribution in [0.15, 0.2) is 21.7 Å². The standard InChI is InChI=1S/C8H12N2O2S2/c1-12-5-6(8(11)10-9)14-7-3-2-4-13-7/h2-4,6H,5,9H2,1H3,(H,10,11). The molecule has 78 valence electrons. The lowest BCUT2D eigenvalue weighted by Gasteiger charge is -2.12. The van der Waals surface area contributed by atoms with Crippen LogP contribution in [0.1, 0.15) is 0 Å². The van der Waals surface area contributed by atoms with E-state index in [1.54, 1.807) is 18.4 Å². The number of hydrogen-bond donors (Lipinski definition) is 2. The van der Waals surface area contributed by atoms with E-state index in [0.717, 1.165) is 4.21 Å². The Balaban J connectivity index is 2.55. The molecule has 4 nitrogen and oxygen atoms in total. The number of amides is 1. The maximum atomic E-state index is 11.3. The van der Waals surface area contributed by atoms with Crippen LogP contribution in [0.4, 0.5) is 0 Å². The molecule has 1 aromatic rings. The Morgan fingerprint density at radius 2 is 2.64 bits per heavy atom. The quantitative estimate of drug-likeness (QED) is 0.342. The highest BCUT2D eigenvalue weighted by Gasteiger charge is 2.18. The minimum absolute atomic E-state index is 0.217. The lowest BCUT2D eigenvalue weighted by molar-refractivity contribution is -0.121. The second kappa shape index (κ2) is 6.02. The molecule has 0 radical (unpaired) electrons. The van der Waals surface area contributed by atoms with E-state index in [-0.39, 0.29) is 11.2 Å². The summed E-state index contributed by atoms with van der Waals surface area (Å²) >= 11 is 3.05. The summed E-state index contributed by atoms with van der Waals surface area (Å²) in [5.74, 6) is 4.85. The second-order valence-corrected chi connectivity index (χ2v) is 4.95. The van der Waals surface area contributed by atoms with Crippen molar-refractivity contribution in [1.29, 1.82) is 0 Å². The van der Waals surface area contributed by atoms with Crippen LogP contribution >= 0.6 is 23.1 Å². The fourth-order valence-corrected chi connectivity index (χ4v) is 2.88. The number of thioether (sulfide) groups is 1. The predicted molar refractivity (Wildman–Crippen MR) is 58.2 cm³/mol. The molecule has 1 aromatic heterocycles. The molecule has 1 amide bonds. The summed E-state index contributed by atoms with van der Waals surface area (Å²) < 4.78 is 6.02. The molecule has 14 heavy (non-hydrogen) atoms. The molecular formula is C8H12N2O2S2. The molecule has 0 bridgehead atoms. The van der Waals surface area contributed by atoms with Crippen molar-refractivity contribution in [3.05, 3.63) is 17.5 Å². The molecule has 0 fully saturated rings. The zero-order valence-electron chi connectivity index (χ0n) is 7.73. The molecule has 0 aliphatic carbocycles. The van der Waals surface area contributed by atoms with Crippen molar-refractivity contribution in [2.24, 2.45) is 5.84 Å². The van der Waals surface area contributed by atoms with Crippen LogP contribution < -0.4 is 11.3 Å². The topological polar surface area (TPSA) is 64.3 Å². The van der Waals surface area contributed by atoms with Crippen molar-refractivity contribution >= 4 is 29.0 Å². The number of ether oxygens (including phenoxy) is 1. The molecule has 1 rings (SSSR count). The van der Waals surface area contributed by atoms with E-state index in [9.17, 15) is 4.79 Å². The number of nitrogens with two attached hydrogens (primary N) is 1. The van der Waals surface area contributed by atoms with Crippen LogP contribution in [0.5, 0.6) is 0 Å². The third-order valence-corrected chi connectivity index (χ3v) is 3.75. The van der Waals surface area contributed by atoms with Crippen LogP contribution in [-0.2, 0) is 9.53 Å². The maximum Gasteiger partial charge on any atom is 0.249 e. The third kappa shape index (κ3) is 3.30. The number of thiophene rings is 1. The van der Waals surface area contributed by atoms with E-state index in [1.165, 1.54) is 11.8 Å². The Hall–Kier alpha value is -0.560. The Labute approximate surface area is 90.8 Å². The Kier molecular flexibility index (Phi) is 4.95. The van der Waals surface area contributed by atoms with Crippen molar-refractivity contribution in [2.75, 3.05) is 13.7 Å². The first-order chi connectivity index (χ1) is 6.77. The minimum Gasteiger partial charge on any atom is -0.383 e. The summed E-state index contributed by atoms with van der Waals surface area (Å²) in [5.41, 5.74) is 2.13. The second-order valence-electron chi connectivity index (χ2n) is 2.50. The van der Waals surface area contributed by atoms with Gasteiger partial charge in [-0.05, 0) is 11.4 Å². The smallest absolute Gasteiger partial charge is 0.249 e. The first-order valence-corrected chi connectivity index (χ1v) is 5.73. The van der Waals surface area contributed by atoms with Crippen molar-refractivity contribution in [3.63, 3.8) is 0 Å². The van der Waals surface area contributed by atoms with Crippen molar-refractivity contribution in [2.45, 2.75) is 9.46 Å². The molecule has 0 aromatic carbocycles. The van der Waals surface area contributed by atoms with E-state index in [4.69, 9.17) is 10.6 Å². The summed E-state index contributed by atoms with van der Waals surface area (Å²) in [7, 11) is 1.56. The summed E-state index contributed by atoms with van der Waals surface area (Å²) in [4.78, 5) is 11.3. The Bertz CT molecular complexity index is 277. The first kappa shape index (κ1) is 11.5. The fourth-order valence-electron chi connectivity index (χ4n) is 0.878. The highest BCUT2D eigenvalue weighted by atomic mass is 32.2. The van der Waals surface area contributed by atoms with Gasteiger partial charge in [-0.25, -0.2) is 5.84 Å². The molecule has 1 atom stereocenters. The van der Waals surface area contributed by atoms with E-state index in [0.29, 0.717) is 6.61 Å². The van der Waals surface area contributed by atoms with Gasteiger partial charge < -0.3 is 4.74 Å². The van der Waals surface area contributed by atoms with Gasteiger partial charge in [0.05, 0.1) is 10.8 Å². The Morgan fingerprint density at radius 1 is 1.86 bits per heavy atom. The molecule has 3 N–H and O–H groups in total. The van der Waals surface area contributed by atoms with Gasteiger partial charge in [0.2, 0.25) is 5.91 Å². The minimum atomic E-state index is -0.288. The monoisotopic (exact) mass is 232 g/mol. The fraction of sp³-hybridized carbons (Fsp3) is 0.375. The van der Waals surface area contributed by atoms with Gasteiger partial charge in [-0.3, -0.25) is 10.2 Å². The number of nitrogens with one attached hydrogen (secondary N) is 1. The summed E-state index contributed by atoms with van der Waals surface area (Å²) in [6.07, 6.45) is 0. The third-order valence-electron chi connectivity index (χ3n) is 1.51. The molecule has 0 aliphatic heterocycles. The van der Waals surface area contributed by atoms with Crippen LogP contribution in [0.3, 0.4) is 0 Å². The SMILES string of the molecule is COCC(Sc1cccs1)C(=O)NN. The molecule has 0 saturated carbocycles. The zero-order valence-corrected chi connectivity index (χ0v) is 9.36. The molecule has 0 saturated heterocycles. The van der Waals surface area contributed by atoms with Gasteiger partial charge in [-0.2, -0.15) is 0 Å². The Morgan fingerprint density at radius 3 is 3.14 bits per heavy atom. The molecule has 1 heterocycles. The van der Waals surface area contributed by atoms with Crippen molar-refractivity contribution in [1.82, 2.24) is 5.43 Å². The maximum absolute atomic E-state index is 11.3. The zero-order chi connectivity index (χ0) is 10.4. The number of hydrazine groups is 1. The van der Waals surface area contributed by atoms with Gasteiger partial charge in [-0.1, -0.05) is 17.8 Å². The molecular weight excluding hydrogens is 220 g/mol. The largest absolute Gasteiger partial charge is 0.383 e. The van der Waals surface area contributed by atoms with Crippen LogP contribution in [-0.4, -0.2) is 24.9 Å². The first-order valence-electron chi connectivity index (χ1n) is 3.97. The van der Waals surface area contributed by atoms with Crippen LogP contribution in [0, 0.1) is 0 Å². The van der Waals surface area contributed by atoms with Gasteiger partial charge in [0.15, 0.2) is 0 Å². The molecule has 0 spiro atoms. The lowest BCUT2D eigenvalue weighted by atomic mass is 10.4. The van der Waals surface area contributed by atoms with E-state index < -0.39 is 0 Å². The molecule has 1 unspecified atom stereocenters. The summed E-state index contributed by atoms with van der Waals surface area (Å²) in [6, 6.07) is 3.90. The van der Waals surface area contributed by atoms with Gasteiger partial charge in [0.1, 0.15) is 5.25 Å². The average Bonchev–Trinajstić information content (AvgIpc) is 2.68.